The standard InChI is InChI=1S/C10H11ClF3N3O/c11-7-3-1-2-4-8(7)16-5-6(9(15)17-18)10(12,13)14/h1-4,6,16,18H,5H2,(H2,15,17). The Morgan fingerprint density at radius 3 is 2.56 bits per heavy atom. The molecule has 0 fully saturated rings. The van der Waals surface area contributed by atoms with E-state index in [2.05, 4.69) is 10.5 Å². The van der Waals surface area contributed by atoms with Crippen molar-refractivity contribution in [3.63, 3.8) is 0 Å². The van der Waals surface area contributed by atoms with Gasteiger partial charge in [0.05, 0.1) is 10.7 Å². The number of nitrogens with zero attached hydrogens (tertiary/aromatic N) is 1. The number of benzene rings is 1. The smallest absolute Gasteiger partial charge is 0.400 e. The summed E-state index contributed by atoms with van der Waals surface area (Å²) in [7, 11) is 0. The van der Waals surface area contributed by atoms with Crippen LogP contribution >= 0.6 is 11.6 Å². The lowest BCUT2D eigenvalue weighted by Crippen LogP contribution is -2.40. The Morgan fingerprint density at radius 2 is 2.06 bits per heavy atom. The lowest BCUT2D eigenvalue weighted by Gasteiger charge is -2.20. The number of rotatable bonds is 4. The van der Waals surface area contributed by atoms with Gasteiger partial charge in [0.25, 0.3) is 0 Å². The number of nitrogens with one attached hydrogen (secondary N) is 1. The Bertz CT molecular complexity index is 437. The largest absolute Gasteiger partial charge is 0.409 e. The van der Waals surface area contributed by atoms with Crippen LogP contribution in [-0.4, -0.2) is 23.8 Å². The van der Waals surface area contributed by atoms with Crippen molar-refractivity contribution in [3.05, 3.63) is 29.3 Å². The van der Waals surface area contributed by atoms with E-state index in [9.17, 15) is 13.2 Å². The summed E-state index contributed by atoms with van der Waals surface area (Å²) in [6.07, 6.45) is -4.61. The van der Waals surface area contributed by atoms with E-state index in [1.165, 1.54) is 12.1 Å². The zero-order chi connectivity index (χ0) is 13.8. The normalized spacial score (nSPS) is 14.3. The first kappa shape index (κ1) is 14.4. The third kappa shape index (κ3) is 3.69. The minimum atomic E-state index is -4.61. The first-order valence-corrected chi connectivity index (χ1v) is 5.26. The highest BCUT2D eigenvalue weighted by atomic mass is 35.5. The van der Waals surface area contributed by atoms with Crippen molar-refractivity contribution in [3.8, 4) is 0 Å². The minimum absolute atomic E-state index is 0.290. The predicted molar refractivity (Wildman–Crippen MR) is 62.9 cm³/mol. The van der Waals surface area contributed by atoms with E-state index in [1.807, 2.05) is 0 Å². The Hall–Kier alpha value is -1.63. The molecule has 0 aromatic heterocycles. The number of hydrogen-bond acceptors (Lipinski definition) is 3. The quantitative estimate of drug-likeness (QED) is 0.344. The fourth-order valence-corrected chi connectivity index (χ4v) is 1.48. The van der Waals surface area contributed by atoms with Crippen molar-refractivity contribution < 1.29 is 18.4 Å². The molecule has 0 heterocycles. The van der Waals surface area contributed by atoms with Gasteiger partial charge in [0.2, 0.25) is 0 Å². The molecule has 0 spiro atoms. The SMILES string of the molecule is N/C(=N/O)C(CNc1ccccc1Cl)C(F)(F)F. The van der Waals surface area contributed by atoms with Crippen LogP contribution in [0.1, 0.15) is 0 Å². The highest BCUT2D eigenvalue weighted by Crippen LogP contribution is 2.28. The molecule has 0 radical (unpaired) electrons. The average molecular weight is 282 g/mol. The summed E-state index contributed by atoms with van der Waals surface area (Å²) >= 11 is 5.78. The maximum absolute atomic E-state index is 12.6. The van der Waals surface area contributed by atoms with Crippen LogP contribution in [0.5, 0.6) is 0 Å². The zero-order valence-corrected chi connectivity index (χ0v) is 9.83. The lowest BCUT2D eigenvalue weighted by molar-refractivity contribution is -0.152. The van der Waals surface area contributed by atoms with Gasteiger partial charge in [-0.1, -0.05) is 28.9 Å². The monoisotopic (exact) mass is 281 g/mol. The molecule has 0 bridgehead atoms. The number of alkyl halides is 3. The van der Waals surface area contributed by atoms with Crippen LogP contribution in [0.4, 0.5) is 18.9 Å². The van der Waals surface area contributed by atoms with Crippen LogP contribution < -0.4 is 11.1 Å². The van der Waals surface area contributed by atoms with Gasteiger partial charge in [-0.2, -0.15) is 13.2 Å². The molecule has 0 aliphatic carbocycles. The number of nitrogens with two attached hydrogens (primary N) is 1. The van der Waals surface area contributed by atoms with Gasteiger partial charge in [-0.25, -0.2) is 0 Å². The first-order chi connectivity index (χ1) is 8.36. The third-order valence-electron chi connectivity index (χ3n) is 2.24. The molecule has 0 saturated carbocycles. The molecule has 1 unspecified atom stereocenters. The Labute approximate surface area is 106 Å². The van der Waals surface area contributed by atoms with Crippen molar-refractivity contribution in [1.29, 1.82) is 0 Å². The van der Waals surface area contributed by atoms with E-state index in [-0.39, 0.29) is 5.02 Å². The molecule has 4 nitrogen and oxygen atoms in total. The summed E-state index contributed by atoms with van der Waals surface area (Å²) < 4.78 is 37.8. The number of oxime groups is 1. The first-order valence-electron chi connectivity index (χ1n) is 4.88. The van der Waals surface area contributed by atoms with Gasteiger partial charge in [-0.05, 0) is 12.1 Å². The van der Waals surface area contributed by atoms with Crippen molar-refractivity contribution in [2.24, 2.45) is 16.8 Å². The molecule has 1 rings (SSSR count). The molecule has 1 aromatic rings. The number of para-hydroxylation sites is 1. The van der Waals surface area contributed by atoms with Crippen molar-refractivity contribution in [2.45, 2.75) is 6.18 Å². The fraction of sp³-hybridized carbons (Fsp3) is 0.300. The molecule has 18 heavy (non-hydrogen) atoms. The fourth-order valence-electron chi connectivity index (χ4n) is 1.27. The number of hydrogen-bond donors (Lipinski definition) is 3. The average Bonchev–Trinajstić information content (AvgIpc) is 2.29. The molecule has 1 aromatic carbocycles. The predicted octanol–water partition coefficient (Wildman–Crippen LogP) is 2.68. The second-order valence-electron chi connectivity index (χ2n) is 3.48. The highest BCUT2D eigenvalue weighted by Gasteiger charge is 2.42. The third-order valence-corrected chi connectivity index (χ3v) is 2.57. The summed E-state index contributed by atoms with van der Waals surface area (Å²) in [6, 6.07) is 6.34. The second kappa shape index (κ2) is 5.81. The maximum Gasteiger partial charge on any atom is 0.400 e. The molecule has 1 atom stereocenters. The topological polar surface area (TPSA) is 70.6 Å². The van der Waals surface area contributed by atoms with E-state index in [0.717, 1.165) is 0 Å². The highest BCUT2D eigenvalue weighted by molar-refractivity contribution is 6.33. The molecule has 0 saturated heterocycles. The van der Waals surface area contributed by atoms with Crippen LogP contribution in [0.25, 0.3) is 0 Å². The van der Waals surface area contributed by atoms with Crippen LogP contribution in [0, 0.1) is 5.92 Å². The molecule has 0 aliphatic rings. The van der Waals surface area contributed by atoms with Crippen LogP contribution in [-0.2, 0) is 0 Å². The summed E-state index contributed by atoms with van der Waals surface area (Å²) in [4.78, 5) is 0. The van der Waals surface area contributed by atoms with Crippen LogP contribution in [0.15, 0.2) is 29.4 Å². The maximum atomic E-state index is 12.6. The van der Waals surface area contributed by atoms with E-state index in [1.54, 1.807) is 12.1 Å². The number of amidine groups is 1. The number of halogens is 4. The van der Waals surface area contributed by atoms with Gasteiger partial charge < -0.3 is 16.3 Å². The molecule has 0 amide bonds. The van der Waals surface area contributed by atoms with Gasteiger partial charge in [0, 0.05) is 6.54 Å². The van der Waals surface area contributed by atoms with E-state index >= 15 is 0 Å². The van der Waals surface area contributed by atoms with E-state index in [4.69, 9.17) is 22.5 Å². The Kier molecular flexibility index (Phi) is 4.66. The molecule has 4 N–H and O–H groups in total. The van der Waals surface area contributed by atoms with Crippen molar-refractivity contribution in [1.82, 2.24) is 0 Å². The zero-order valence-electron chi connectivity index (χ0n) is 9.08. The van der Waals surface area contributed by atoms with Gasteiger partial charge in [-0.3, -0.25) is 0 Å². The van der Waals surface area contributed by atoms with Gasteiger partial charge in [-0.15, -0.1) is 0 Å². The summed E-state index contributed by atoms with van der Waals surface area (Å²) in [5, 5.41) is 13.5. The summed E-state index contributed by atoms with van der Waals surface area (Å²) in [6.45, 7) is -0.566. The molecule has 0 aliphatic heterocycles. The minimum Gasteiger partial charge on any atom is -0.409 e. The number of anilines is 1. The Morgan fingerprint density at radius 1 is 1.44 bits per heavy atom. The second-order valence-corrected chi connectivity index (χ2v) is 3.89. The van der Waals surface area contributed by atoms with E-state index < -0.39 is 24.5 Å². The lowest BCUT2D eigenvalue weighted by atomic mass is 10.1. The summed E-state index contributed by atoms with van der Waals surface area (Å²) in [5.74, 6) is -2.99. The summed E-state index contributed by atoms with van der Waals surface area (Å²) in [5.41, 5.74) is 5.36. The molecular weight excluding hydrogens is 271 g/mol. The van der Waals surface area contributed by atoms with E-state index in [0.29, 0.717) is 5.69 Å². The van der Waals surface area contributed by atoms with Gasteiger partial charge >= 0.3 is 6.18 Å². The van der Waals surface area contributed by atoms with Crippen molar-refractivity contribution >= 4 is 23.1 Å². The Balaban J connectivity index is 2.78. The van der Waals surface area contributed by atoms with Crippen molar-refractivity contribution in [2.75, 3.05) is 11.9 Å². The van der Waals surface area contributed by atoms with Gasteiger partial charge in [0.1, 0.15) is 5.92 Å². The molecular formula is C10H11ClF3N3O. The molecule has 100 valence electrons. The van der Waals surface area contributed by atoms with Crippen LogP contribution in [0.3, 0.4) is 0 Å². The van der Waals surface area contributed by atoms with Gasteiger partial charge in [0.15, 0.2) is 5.84 Å². The molecule has 8 heteroatoms. The van der Waals surface area contributed by atoms with Crippen LogP contribution in [0.2, 0.25) is 5.02 Å².